The highest BCUT2D eigenvalue weighted by molar-refractivity contribution is 6.34. The molecule has 3 aromatic heterocycles. The lowest BCUT2D eigenvalue weighted by Crippen LogP contribution is -2.54. The van der Waals surface area contributed by atoms with E-state index in [0.717, 1.165) is 17.1 Å². The van der Waals surface area contributed by atoms with Crippen LogP contribution in [0, 0.1) is 0 Å². The number of carboxylic acid groups (broad SMARTS) is 1. The molecule has 252 valence electrons. The van der Waals surface area contributed by atoms with Gasteiger partial charge in [-0.2, -0.15) is 18.3 Å². The third-order valence-electron chi connectivity index (χ3n) is 7.50. The average molecular weight is 689 g/mol. The third kappa shape index (κ3) is 7.08. The van der Waals surface area contributed by atoms with Crippen LogP contribution in [0.3, 0.4) is 0 Å². The van der Waals surface area contributed by atoms with Gasteiger partial charge in [0.05, 0.1) is 52.4 Å². The van der Waals surface area contributed by atoms with Crippen molar-refractivity contribution < 1.29 is 37.5 Å². The molecule has 1 aliphatic rings. The number of carbonyl (C=O) groups is 4. The Balaban J connectivity index is 1.28. The van der Waals surface area contributed by atoms with E-state index in [1.807, 2.05) is 0 Å². The Morgan fingerprint density at radius 3 is 2.33 bits per heavy atom. The molecule has 4 aromatic rings. The number of amides is 3. The number of aromatic nitrogens is 5. The van der Waals surface area contributed by atoms with Crippen molar-refractivity contribution in [2.24, 2.45) is 12.8 Å². The molecule has 6 N–H and O–H groups in total. The number of anilines is 2. The van der Waals surface area contributed by atoms with Gasteiger partial charge in [-0.1, -0.05) is 11.6 Å². The minimum atomic E-state index is -4.84. The zero-order valence-electron chi connectivity index (χ0n) is 25.1. The molecule has 1 fully saturated rings. The van der Waals surface area contributed by atoms with Crippen molar-refractivity contribution in [1.29, 1.82) is 0 Å². The lowest BCUT2D eigenvalue weighted by Gasteiger charge is -2.36. The Bertz CT molecular complexity index is 1880. The number of hydrogen-bond donors (Lipinski definition) is 4. The zero-order chi connectivity index (χ0) is 34.9. The number of halogens is 4. The second kappa shape index (κ2) is 13.3. The van der Waals surface area contributed by atoms with E-state index in [1.54, 1.807) is 0 Å². The van der Waals surface area contributed by atoms with E-state index >= 15 is 0 Å². The molecule has 48 heavy (non-hydrogen) atoms. The predicted octanol–water partition coefficient (Wildman–Crippen LogP) is 2.26. The summed E-state index contributed by atoms with van der Waals surface area (Å²) in [5, 5.41) is 15.1. The van der Waals surface area contributed by atoms with Crippen molar-refractivity contribution in [2.75, 3.05) is 37.2 Å². The van der Waals surface area contributed by atoms with Gasteiger partial charge < -0.3 is 36.3 Å². The number of nitrogens with zero attached hydrogens (tertiary/aromatic N) is 7. The van der Waals surface area contributed by atoms with E-state index in [-0.39, 0.29) is 65.4 Å². The SMILES string of the molecule is Cn1c(-c2cn(-c3ccc(N)cn3)nc2C(F)(F)F)cnc1C(=O)Nc1ccc(C(=O)N2CCN(C(=O)C(N)CC(=O)O)CC2)c(Cl)c1. The van der Waals surface area contributed by atoms with Crippen LogP contribution in [0.4, 0.5) is 24.5 Å². The number of nitrogens with one attached hydrogen (secondary N) is 1. The first-order valence-electron chi connectivity index (χ1n) is 14.2. The number of hydrogen-bond acceptors (Lipinski definition) is 9. The molecule has 1 atom stereocenters. The Morgan fingerprint density at radius 2 is 1.73 bits per heavy atom. The average Bonchev–Trinajstić information content (AvgIpc) is 3.64. The molecular weight excluding hydrogens is 661 g/mol. The number of rotatable bonds is 8. The maximum atomic E-state index is 14.0. The van der Waals surface area contributed by atoms with E-state index in [4.69, 9.17) is 28.2 Å². The predicted molar refractivity (Wildman–Crippen MR) is 165 cm³/mol. The van der Waals surface area contributed by atoms with Crippen molar-refractivity contribution in [2.45, 2.75) is 18.6 Å². The molecular formula is C29H28ClF3N10O5. The number of nitrogens with two attached hydrogens (primary N) is 2. The molecule has 3 amide bonds. The minimum absolute atomic E-state index is 0.0128. The molecule has 0 bridgehead atoms. The summed E-state index contributed by atoms with van der Waals surface area (Å²) < 4.78 is 44.0. The summed E-state index contributed by atoms with van der Waals surface area (Å²) in [4.78, 5) is 60.5. The van der Waals surface area contributed by atoms with Gasteiger partial charge in [-0.25, -0.2) is 14.6 Å². The lowest BCUT2D eigenvalue weighted by atomic mass is 10.1. The van der Waals surface area contributed by atoms with Crippen molar-refractivity contribution in [3.8, 4) is 17.1 Å². The normalized spacial score (nSPS) is 14.1. The molecule has 1 saturated heterocycles. The number of imidazole rings is 1. The van der Waals surface area contributed by atoms with E-state index in [2.05, 4.69) is 20.4 Å². The number of nitrogen functional groups attached to an aromatic ring is 1. The van der Waals surface area contributed by atoms with Gasteiger partial charge in [-0.3, -0.25) is 19.2 Å². The molecule has 1 aliphatic heterocycles. The second-order valence-corrected chi connectivity index (χ2v) is 11.2. The fourth-order valence-corrected chi connectivity index (χ4v) is 5.32. The number of piperazine rings is 1. The Hall–Kier alpha value is -5.49. The molecule has 0 saturated carbocycles. The molecule has 1 aromatic carbocycles. The maximum absolute atomic E-state index is 14.0. The monoisotopic (exact) mass is 688 g/mol. The van der Waals surface area contributed by atoms with Crippen molar-refractivity contribution >= 4 is 46.7 Å². The highest BCUT2D eigenvalue weighted by Crippen LogP contribution is 2.37. The number of carbonyl (C=O) groups excluding carboxylic acids is 3. The van der Waals surface area contributed by atoms with Gasteiger partial charge >= 0.3 is 12.1 Å². The first-order valence-corrected chi connectivity index (χ1v) is 14.6. The largest absolute Gasteiger partial charge is 0.481 e. The number of benzene rings is 1. The van der Waals surface area contributed by atoms with Crippen molar-refractivity contribution in [1.82, 2.24) is 34.1 Å². The summed E-state index contributed by atoms with van der Waals surface area (Å²) in [6, 6.07) is 5.86. The molecule has 0 radical (unpaired) electrons. The van der Waals surface area contributed by atoms with Crippen LogP contribution in [-0.2, 0) is 22.8 Å². The summed E-state index contributed by atoms with van der Waals surface area (Å²) in [7, 11) is 1.37. The summed E-state index contributed by atoms with van der Waals surface area (Å²) in [6.07, 6.45) is -1.82. The zero-order valence-corrected chi connectivity index (χ0v) is 25.9. The van der Waals surface area contributed by atoms with Crippen LogP contribution in [0.15, 0.2) is 48.9 Å². The summed E-state index contributed by atoms with van der Waals surface area (Å²) in [5.74, 6) is -3.03. The topological polar surface area (TPSA) is 208 Å². The van der Waals surface area contributed by atoms with Crippen LogP contribution >= 0.6 is 11.6 Å². The van der Waals surface area contributed by atoms with Gasteiger partial charge in [0, 0.05) is 45.1 Å². The molecule has 0 spiro atoms. The van der Waals surface area contributed by atoms with Gasteiger partial charge in [-0.05, 0) is 30.3 Å². The third-order valence-corrected chi connectivity index (χ3v) is 7.82. The summed E-state index contributed by atoms with van der Waals surface area (Å²) in [6.45, 7) is 0.621. The van der Waals surface area contributed by atoms with Gasteiger partial charge in [0.1, 0.15) is 0 Å². The molecule has 5 rings (SSSR count). The van der Waals surface area contributed by atoms with Crippen LogP contribution in [0.5, 0.6) is 0 Å². The van der Waals surface area contributed by atoms with Crippen LogP contribution in [-0.4, -0.2) is 95.1 Å². The van der Waals surface area contributed by atoms with Gasteiger partial charge in [0.2, 0.25) is 5.91 Å². The second-order valence-electron chi connectivity index (χ2n) is 10.8. The highest BCUT2D eigenvalue weighted by atomic mass is 35.5. The van der Waals surface area contributed by atoms with Gasteiger partial charge in [0.25, 0.3) is 11.8 Å². The fourth-order valence-electron chi connectivity index (χ4n) is 5.06. The molecule has 0 aliphatic carbocycles. The van der Waals surface area contributed by atoms with Crippen LogP contribution in [0.1, 0.15) is 33.1 Å². The number of carboxylic acids is 1. The molecule has 1 unspecified atom stereocenters. The molecule has 15 nitrogen and oxygen atoms in total. The summed E-state index contributed by atoms with van der Waals surface area (Å²) >= 11 is 6.39. The van der Waals surface area contributed by atoms with Crippen molar-refractivity contribution in [3.63, 3.8) is 0 Å². The smallest absolute Gasteiger partial charge is 0.435 e. The number of aliphatic carboxylic acids is 1. The first-order chi connectivity index (χ1) is 22.6. The Morgan fingerprint density at radius 1 is 1.04 bits per heavy atom. The van der Waals surface area contributed by atoms with E-state index in [1.165, 1.54) is 57.9 Å². The number of alkyl halides is 3. The Labute approximate surface area is 274 Å². The van der Waals surface area contributed by atoms with E-state index in [9.17, 15) is 32.3 Å². The van der Waals surface area contributed by atoms with Crippen LogP contribution in [0.2, 0.25) is 5.02 Å². The summed E-state index contributed by atoms with van der Waals surface area (Å²) in [5.41, 5.74) is 10.3. The van der Waals surface area contributed by atoms with Gasteiger partial charge in [-0.15, -0.1) is 0 Å². The van der Waals surface area contributed by atoms with Crippen LogP contribution in [0.25, 0.3) is 17.1 Å². The quantitative estimate of drug-likeness (QED) is 0.212. The van der Waals surface area contributed by atoms with E-state index < -0.39 is 48.0 Å². The van der Waals surface area contributed by atoms with E-state index in [0.29, 0.717) is 5.69 Å². The maximum Gasteiger partial charge on any atom is 0.435 e. The number of pyridine rings is 1. The minimum Gasteiger partial charge on any atom is -0.481 e. The lowest BCUT2D eigenvalue weighted by molar-refractivity contribution is -0.142. The fraction of sp³-hybridized carbons (Fsp3) is 0.276. The van der Waals surface area contributed by atoms with Crippen LogP contribution < -0.4 is 16.8 Å². The molecule has 19 heteroatoms. The van der Waals surface area contributed by atoms with Crippen molar-refractivity contribution in [3.05, 3.63) is 71.0 Å². The highest BCUT2D eigenvalue weighted by Gasteiger charge is 2.39. The first kappa shape index (κ1) is 33.9. The van der Waals surface area contributed by atoms with Gasteiger partial charge in [0.15, 0.2) is 17.3 Å². The Kier molecular flexibility index (Phi) is 9.40. The molecule has 4 heterocycles. The standard InChI is InChI=1S/C29H28ClF3N10O5/c1-40-21(18-14-43(39-24(18)29(31,32)33)22-5-2-15(34)12-36-22)13-37-25(40)26(46)38-16-3-4-17(19(30)10-16)27(47)41-6-8-42(9-7-41)28(48)20(35)11-23(44)45/h2-5,10,12-14,20H,6-9,11,34-35H2,1H3,(H,38,46)(H,44,45).